The maximum Gasteiger partial charge on any atom is 0.250 e. The number of aryl methyl sites for hydroxylation is 1. The molecule has 0 atom stereocenters. The third kappa shape index (κ3) is 1.61. The summed E-state index contributed by atoms with van der Waals surface area (Å²) in [4.78, 5) is 27.1. The monoisotopic (exact) mass is 252 g/mol. The second-order valence-corrected chi connectivity index (χ2v) is 4.54. The van der Waals surface area contributed by atoms with Gasteiger partial charge in [-0.3, -0.25) is 9.59 Å². The fourth-order valence-electron chi connectivity index (χ4n) is 2.39. The number of nitrogens with one attached hydrogen (secondary N) is 1. The SMILES string of the molecule is Cc1ccc(C(N)=O)c2[nH]c3ccccc3c(=O)c12. The lowest BCUT2D eigenvalue weighted by Crippen LogP contribution is -2.15. The summed E-state index contributed by atoms with van der Waals surface area (Å²) in [5, 5.41) is 1.13. The maximum atomic E-state index is 12.5. The van der Waals surface area contributed by atoms with Crippen LogP contribution in [0.15, 0.2) is 41.2 Å². The van der Waals surface area contributed by atoms with E-state index in [4.69, 9.17) is 5.73 Å². The Bertz CT molecular complexity index is 878. The van der Waals surface area contributed by atoms with Gasteiger partial charge >= 0.3 is 0 Å². The molecule has 0 spiro atoms. The number of carbonyl (C=O) groups excluding carboxylic acids is 1. The van der Waals surface area contributed by atoms with Crippen LogP contribution in [0.5, 0.6) is 0 Å². The number of pyridine rings is 1. The number of fused-ring (bicyclic) bond motifs is 2. The first-order chi connectivity index (χ1) is 9.09. The molecule has 0 aliphatic carbocycles. The predicted molar refractivity (Wildman–Crippen MR) is 75.3 cm³/mol. The van der Waals surface area contributed by atoms with Crippen molar-refractivity contribution in [1.82, 2.24) is 4.98 Å². The smallest absolute Gasteiger partial charge is 0.250 e. The number of hydrogen-bond acceptors (Lipinski definition) is 2. The van der Waals surface area contributed by atoms with E-state index in [0.29, 0.717) is 27.4 Å². The molecule has 0 saturated carbocycles. The number of hydrogen-bond donors (Lipinski definition) is 2. The number of nitrogens with two attached hydrogens (primary N) is 1. The molecule has 0 fully saturated rings. The molecule has 0 aliphatic rings. The number of benzene rings is 2. The van der Waals surface area contributed by atoms with Gasteiger partial charge in [-0.05, 0) is 30.7 Å². The molecule has 3 aromatic rings. The van der Waals surface area contributed by atoms with Crippen molar-refractivity contribution in [1.29, 1.82) is 0 Å². The maximum absolute atomic E-state index is 12.5. The highest BCUT2D eigenvalue weighted by Crippen LogP contribution is 2.20. The molecule has 3 N–H and O–H groups in total. The van der Waals surface area contributed by atoms with Gasteiger partial charge in [0.2, 0.25) is 0 Å². The van der Waals surface area contributed by atoms with E-state index in [1.807, 2.05) is 25.1 Å². The normalized spacial score (nSPS) is 11.0. The summed E-state index contributed by atoms with van der Waals surface area (Å²) in [6, 6.07) is 10.6. The lowest BCUT2D eigenvalue weighted by atomic mass is 10.0. The van der Waals surface area contributed by atoms with Gasteiger partial charge < -0.3 is 10.7 Å². The number of para-hydroxylation sites is 1. The summed E-state index contributed by atoms with van der Waals surface area (Å²) in [7, 11) is 0. The number of aromatic amines is 1. The van der Waals surface area contributed by atoms with Crippen LogP contribution in [0.4, 0.5) is 0 Å². The van der Waals surface area contributed by atoms with Crippen molar-refractivity contribution in [2.45, 2.75) is 6.92 Å². The first-order valence-electron chi connectivity index (χ1n) is 5.93. The number of carbonyl (C=O) groups is 1. The van der Waals surface area contributed by atoms with Gasteiger partial charge in [0.15, 0.2) is 5.43 Å². The van der Waals surface area contributed by atoms with Crippen LogP contribution in [-0.2, 0) is 0 Å². The molecule has 0 saturated heterocycles. The number of rotatable bonds is 1. The van der Waals surface area contributed by atoms with Crippen LogP contribution in [0.3, 0.4) is 0 Å². The summed E-state index contributed by atoms with van der Waals surface area (Å²) in [6.45, 7) is 1.84. The average Bonchev–Trinajstić information content (AvgIpc) is 2.38. The van der Waals surface area contributed by atoms with Crippen LogP contribution < -0.4 is 11.2 Å². The second-order valence-electron chi connectivity index (χ2n) is 4.54. The number of H-pyrrole nitrogens is 1. The standard InChI is InChI=1S/C15H12N2O2/c1-8-6-7-10(15(16)19)13-12(8)14(18)9-4-2-3-5-11(9)17-13/h2-7H,1H3,(H2,16,19)(H,17,18). The van der Waals surface area contributed by atoms with Crippen molar-refractivity contribution in [3.05, 3.63) is 57.7 Å². The van der Waals surface area contributed by atoms with E-state index in [1.165, 1.54) is 0 Å². The molecule has 0 radical (unpaired) electrons. The van der Waals surface area contributed by atoms with Crippen molar-refractivity contribution in [3.8, 4) is 0 Å². The van der Waals surface area contributed by atoms with Crippen molar-refractivity contribution in [2.24, 2.45) is 5.73 Å². The molecule has 0 unspecified atom stereocenters. The van der Waals surface area contributed by atoms with Gasteiger partial charge in [0.25, 0.3) is 5.91 Å². The Morgan fingerprint density at radius 3 is 2.63 bits per heavy atom. The zero-order valence-electron chi connectivity index (χ0n) is 10.4. The van der Waals surface area contributed by atoms with E-state index in [0.717, 1.165) is 5.56 Å². The molecule has 2 aromatic carbocycles. The fourth-order valence-corrected chi connectivity index (χ4v) is 2.39. The van der Waals surface area contributed by atoms with Crippen molar-refractivity contribution < 1.29 is 4.79 Å². The summed E-state index contributed by atoms with van der Waals surface area (Å²) in [5.74, 6) is -0.545. The van der Waals surface area contributed by atoms with Gasteiger partial charge in [0.1, 0.15) is 0 Å². The predicted octanol–water partition coefficient (Wildman–Crippen LogP) is 2.09. The zero-order valence-corrected chi connectivity index (χ0v) is 10.4. The lowest BCUT2D eigenvalue weighted by molar-refractivity contribution is 0.100. The highest BCUT2D eigenvalue weighted by Gasteiger charge is 2.13. The molecule has 0 aliphatic heterocycles. The third-order valence-corrected chi connectivity index (χ3v) is 3.34. The van der Waals surface area contributed by atoms with Crippen LogP contribution >= 0.6 is 0 Å². The van der Waals surface area contributed by atoms with E-state index >= 15 is 0 Å². The Hall–Kier alpha value is -2.62. The highest BCUT2D eigenvalue weighted by molar-refractivity contribution is 6.07. The first kappa shape index (κ1) is 11.5. The Morgan fingerprint density at radius 1 is 1.16 bits per heavy atom. The Morgan fingerprint density at radius 2 is 1.89 bits per heavy atom. The molecular formula is C15H12N2O2. The minimum atomic E-state index is -0.545. The van der Waals surface area contributed by atoms with Crippen LogP contribution in [0.25, 0.3) is 21.8 Å². The summed E-state index contributed by atoms with van der Waals surface area (Å²) in [5.41, 5.74) is 7.66. The van der Waals surface area contributed by atoms with E-state index in [9.17, 15) is 9.59 Å². The molecule has 0 bridgehead atoms. The van der Waals surface area contributed by atoms with Crippen LogP contribution in [0.1, 0.15) is 15.9 Å². The Kier molecular flexibility index (Phi) is 2.38. The largest absolute Gasteiger partial charge is 0.366 e. The molecule has 4 nitrogen and oxygen atoms in total. The minimum absolute atomic E-state index is 0.0787. The molecule has 4 heteroatoms. The molecular weight excluding hydrogens is 240 g/mol. The number of amides is 1. The van der Waals surface area contributed by atoms with E-state index in [2.05, 4.69) is 4.98 Å². The average molecular weight is 252 g/mol. The Balaban J connectivity index is 2.64. The molecule has 94 valence electrons. The molecule has 19 heavy (non-hydrogen) atoms. The molecule has 1 aromatic heterocycles. The second kappa shape index (κ2) is 3.95. The number of aromatic nitrogens is 1. The quantitative estimate of drug-likeness (QED) is 0.650. The molecule has 3 rings (SSSR count). The highest BCUT2D eigenvalue weighted by atomic mass is 16.1. The summed E-state index contributed by atoms with van der Waals surface area (Å²) >= 11 is 0. The molecule has 1 heterocycles. The van der Waals surface area contributed by atoms with E-state index < -0.39 is 5.91 Å². The van der Waals surface area contributed by atoms with Crippen LogP contribution in [0, 0.1) is 6.92 Å². The van der Waals surface area contributed by atoms with Crippen LogP contribution in [0.2, 0.25) is 0 Å². The van der Waals surface area contributed by atoms with E-state index in [1.54, 1.807) is 18.2 Å². The van der Waals surface area contributed by atoms with Gasteiger partial charge in [-0.2, -0.15) is 0 Å². The topological polar surface area (TPSA) is 76.0 Å². The van der Waals surface area contributed by atoms with E-state index in [-0.39, 0.29) is 5.43 Å². The van der Waals surface area contributed by atoms with Crippen molar-refractivity contribution in [3.63, 3.8) is 0 Å². The summed E-state index contributed by atoms with van der Waals surface area (Å²) < 4.78 is 0. The minimum Gasteiger partial charge on any atom is -0.366 e. The lowest BCUT2D eigenvalue weighted by Gasteiger charge is -2.08. The van der Waals surface area contributed by atoms with Crippen molar-refractivity contribution in [2.75, 3.05) is 0 Å². The number of primary amides is 1. The van der Waals surface area contributed by atoms with Gasteiger partial charge in [-0.25, -0.2) is 0 Å². The molecule has 1 amide bonds. The van der Waals surface area contributed by atoms with Gasteiger partial charge in [-0.15, -0.1) is 0 Å². The first-order valence-corrected chi connectivity index (χ1v) is 5.93. The fraction of sp³-hybridized carbons (Fsp3) is 0.0667. The van der Waals surface area contributed by atoms with Gasteiger partial charge in [-0.1, -0.05) is 18.2 Å². The Labute approximate surface area is 108 Å². The van der Waals surface area contributed by atoms with Crippen molar-refractivity contribution >= 4 is 27.7 Å². The third-order valence-electron chi connectivity index (χ3n) is 3.34. The van der Waals surface area contributed by atoms with Crippen LogP contribution in [-0.4, -0.2) is 10.9 Å². The van der Waals surface area contributed by atoms with Gasteiger partial charge in [0, 0.05) is 16.3 Å². The summed E-state index contributed by atoms with van der Waals surface area (Å²) in [6.07, 6.45) is 0. The van der Waals surface area contributed by atoms with Gasteiger partial charge in [0.05, 0.1) is 11.1 Å². The zero-order chi connectivity index (χ0) is 13.6.